The molecule has 1 fully saturated rings. The van der Waals surface area contributed by atoms with E-state index >= 15 is 0 Å². The van der Waals surface area contributed by atoms with Gasteiger partial charge in [-0.25, -0.2) is 0 Å². The van der Waals surface area contributed by atoms with Crippen LogP contribution in [0.2, 0.25) is 0 Å². The number of likely N-dealkylation sites (tertiary alicyclic amines) is 1. The molecule has 2 rings (SSSR count). The van der Waals surface area contributed by atoms with Gasteiger partial charge < -0.3 is 5.11 Å². The van der Waals surface area contributed by atoms with Gasteiger partial charge in [0.25, 0.3) is 0 Å². The van der Waals surface area contributed by atoms with Gasteiger partial charge >= 0.3 is 5.97 Å². The Bertz CT molecular complexity index is 402. The molecule has 0 aromatic heterocycles. The van der Waals surface area contributed by atoms with E-state index in [-0.39, 0.29) is 11.8 Å². The Hall–Kier alpha value is -1.35. The molecule has 1 aliphatic rings. The predicted octanol–water partition coefficient (Wildman–Crippen LogP) is 2.48. The summed E-state index contributed by atoms with van der Waals surface area (Å²) in [5.41, 5.74) is 1.26. The molecule has 1 N–H and O–H groups in total. The van der Waals surface area contributed by atoms with Gasteiger partial charge in [0.15, 0.2) is 0 Å². The topological polar surface area (TPSA) is 40.5 Å². The first-order valence-electron chi connectivity index (χ1n) is 6.57. The Morgan fingerprint density at radius 3 is 2.50 bits per heavy atom. The number of rotatable bonds is 4. The van der Waals surface area contributed by atoms with Gasteiger partial charge in [-0.15, -0.1) is 0 Å². The standard InChI is InChI=1S/C15H21NO2/c1-11(2)13-9-16(10-14(13)15(17)18)8-12-6-4-3-5-7-12/h3-7,11,13-14H,8-10H2,1-2H3,(H,17,18)/t13-,14+/m0/s1. The highest BCUT2D eigenvalue weighted by molar-refractivity contribution is 5.71. The molecule has 98 valence electrons. The third kappa shape index (κ3) is 2.91. The molecule has 0 saturated carbocycles. The zero-order valence-corrected chi connectivity index (χ0v) is 11.0. The molecule has 1 aromatic rings. The molecule has 0 aliphatic carbocycles. The van der Waals surface area contributed by atoms with Crippen molar-refractivity contribution in [1.82, 2.24) is 4.90 Å². The molecule has 1 saturated heterocycles. The summed E-state index contributed by atoms with van der Waals surface area (Å²) >= 11 is 0. The van der Waals surface area contributed by atoms with Gasteiger partial charge in [-0.1, -0.05) is 44.2 Å². The van der Waals surface area contributed by atoms with E-state index in [9.17, 15) is 9.90 Å². The Morgan fingerprint density at radius 2 is 2.00 bits per heavy atom. The normalized spacial score (nSPS) is 24.6. The van der Waals surface area contributed by atoms with E-state index in [0.29, 0.717) is 12.5 Å². The highest BCUT2D eigenvalue weighted by Crippen LogP contribution is 2.30. The van der Waals surface area contributed by atoms with Crippen LogP contribution in [-0.4, -0.2) is 29.1 Å². The van der Waals surface area contributed by atoms with Crippen LogP contribution in [0.4, 0.5) is 0 Å². The molecule has 3 nitrogen and oxygen atoms in total. The first-order valence-corrected chi connectivity index (χ1v) is 6.57. The lowest BCUT2D eigenvalue weighted by molar-refractivity contribution is -0.143. The molecule has 1 heterocycles. The summed E-state index contributed by atoms with van der Waals surface area (Å²) in [5, 5.41) is 9.29. The maximum atomic E-state index is 11.3. The predicted molar refractivity (Wildman–Crippen MR) is 71.2 cm³/mol. The number of carboxylic acid groups (broad SMARTS) is 1. The van der Waals surface area contributed by atoms with Gasteiger partial charge in [-0.3, -0.25) is 9.69 Å². The first-order chi connectivity index (χ1) is 8.58. The number of carbonyl (C=O) groups is 1. The van der Waals surface area contributed by atoms with E-state index < -0.39 is 5.97 Å². The monoisotopic (exact) mass is 247 g/mol. The second kappa shape index (κ2) is 5.53. The van der Waals surface area contributed by atoms with Crippen molar-refractivity contribution >= 4 is 5.97 Å². The quantitative estimate of drug-likeness (QED) is 0.888. The Labute approximate surface area is 108 Å². The van der Waals surface area contributed by atoms with Crippen molar-refractivity contribution in [2.45, 2.75) is 20.4 Å². The minimum atomic E-state index is -0.649. The van der Waals surface area contributed by atoms with Crippen molar-refractivity contribution in [1.29, 1.82) is 0 Å². The van der Waals surface area contributed by atoms with Crippen LogP contribution in [0.25, 0.3) is 0 Å². The third-order valence-electron chi connectivity index (χ3n) is 3.86. The minimum absolute atomic E-state index is 0.214. The smallest absolute Gasteiger partial charge is 0.308 e. The second-order valence-electron chi connectivity index (χ2n) is 5.53. The maximum Gasteiger partial charge on any atom is 0.308 e. The Kier molecular flexibility index (Phi) is 4.02. The van der Waals surface area contributed by atoms with Gasteiger partial charge in [0.05, 0.1) is 5.92 Å². The summed E-state index contributed by atoms with van der Waals surface area (Å²) < 4.78 is 0. The second-order valence-corrected chi connectivity index (χ2v) is 5.53. The molecular weight excluding hydrogens is 226 g/mol. The van der Waals surface area contributed by atoms with Crippen molar-refractivity contribution in [3.63, 3.8) is 0 Å². The van der Waals surface area contributed by atoms with Crippen LogP contribution in [0.5, 0.6) is 0 Å². The molecular formula is C15H21NO2. The molecule has 0 amide bonds. The lowest BCUT2D eigenvalue weighted by Gasteiger charge is -2.18. The van der Waals surface area contributed by atoms with Crippen molar-refractivity contribution in [2.24, 2.45) is 17.8 Å². The number of nitrogens with zero attached hydrogens (tertiary/aromatic N) is 1. The van der Waals surface area contributed by atoms with Crippen LogP contribution in [0.3, 0.4) is 0 Å². The lowest BCUT2D eigenvalue weighted by atomic mass is 9.86. The molecule has 0 spiro atoms. The Balaban J connectivity index is 2.03. The highest BCUT2D eigenvalue weighted by atomic mass is 16.4. The third-order valence-corrected chi connectivity index (χ3v) is 3.86. The summed E-state index contributed by atoms with van der Waals surface area (Å²) in [7, 11) is 0. The maximum absolute atomic E-state index is 11.3. The van der Waals surface area contributed by atoms with Crippen molar-refractivity contribution in [3.8, 4) is 0 Å². The largest absolute Gasteiger partial charge is 0.481 e. The number of aliphatic carboxylic acids is 1. The summed E-state index contributed by atoms with van der Waals surface area (Å²) in [5.74, 6) is -0.170. The molecule has 0 bridgehead atoms. The van der Waals surface area contributed by atoms with E-state index in [1.807, 2.05) is 18.2 Å². The van der Waals surface area contributed by atoms with Crippen LogP contribution < -0.4 is 0 Å². The molecule has 1 aliphatic heterocycles. The van der Waals surface area contributed by atoms with Gasteiger partial charge in [0, 0.05) is 19.6 Å². The van der Waals surface area contributed by atoms with E-state index in [1.54, 1.807) is 0 Å². The number of carboxylic acids is 1. The highest BCUT2D eigenvalue weighted by Gasteiger charge is 2.38. The van der Waals surface area contributed by atoms with Crippen molar-refractivity contribution in [3.05, 3.63) is 35.9 Å². The number of hydrogen-bond acceptors (Lipinski definition) is 2. The van der Waals surface area contributed by atoms with Gasteiger partial charge in [0.2, 0.25) is 0 Å². The minimum Gasteiger partial charge on any atom is -0.481 e. The SMILES string of the molecule is CC(C)[C@@H]1CN(Cc2ccccc2)C[C@H]1C(=O)O. The molecule has 2 atom stereocenters. The summed E-state index contributed by atoms with van der Waals surface area (Å²) in [6.45, 7) is 6.66. The lowest BCUT2D eigenvalue weighted by Crippen LogP contribution is -2.25. The van der Waals surface area contributed by atoms with Crippen molar-refractivity contribution < 1.29 is 9.90 Å². The average Bonchev–Trinajstić information content (AvgIpc) is 2.74. The Morgan fingerprint density at radius 1 is 1.33 bits per heavy atom. The zero-order valence-electron chi connectivity index (χ0n) is 11.0. The summed E-state index contributed by atoms with van der Waals surface area (Å²) in [6.07, 6.45) is 0. The first kappa shape index (κ1) is 13.1. The van der Waals surface area contributed by atoms with E-state index in [1.165, 1.54) is 5.56 Å². The van der Waals surface area contributed by atoms with Crippen LogP contribution in [0.1, 0.15) is 19.4 Å². The van der Waals surface area contributed by atoms with Crippen LogP contribution in [-0.2, 0) is 11.3 Å². The van der Waals surface area contributed by atoms with Gasteiger partial charge in [0.1, 0.15) is 0 Å². The van der Waals surface area contributed by atoms with Crippen molar-refractivity contribution in [2.75, 3.05) is 13.1 Å². The summed E-state index contributed by atoms with van der Waals surface area (Å²) in [4.78, 5) is 13.6. The molecule has 3 heteroatoms. The van der Waals surface area contributed by atoms with Gasteiger partial charge in [-0.05, 0) is 17.4 Å². The van der Waals surface area contributed by atoms with E-state index in [2.05, 4.69) is 30.9 Å². The van der Waals surface area contributed by atoms with Gasteiger partial charge in [-0.2, -0.15) is 0 Å². The van der Waals surface area contributed by atoms with E-state index in [0.717, 1.165) is 13.1 Å². The van der Waals surface area contributed by atoms with Crippen LogP contribution >= 0.6 is 0 Å². The van der Waals surface area contributed by atoms with Crippen LogP contribution in [0, 0.1) is 17.8 Å². The molecule has 0 unspecified atom stereocenters. The number of benzene rings is 1. The average molecular weight is 247 g/mol. The molecule has 0 radical (unpaired) electrons. The number of hydrogen-bond donors (Lipinski definition) is 1. The van der Waals surface area contributed by atoms with E-state index in [4.69, 9.17) is 0 Å². The summed E-state index contributed by atoms with van der Waals surface area (Å²) in [6, 6.07) is 10.3. The zero-order chi connectivity index (χ0) is 13.1. The fourth-order valence-corrected chi connectivity index (χ4v) is 2.82. The molecule has 18 heavy (non-hydrogen) atoms. The molecule has 1 aromatic carbocycles. The van der Waals surface area contributed by atoms with Crippen LogP contribution in [0.15, 0.2) is 30.3 Å². The fourth-order valence-electron chi connectivity index (χ4n) is 2.82. The fraction of sp³-hybridized carbons (Fsp3) is 0.533.